The zero-order valence-corrected chi connectivity index (χ0v) is 11.8. The fourth-order valence-corrected chi connectivity index (χ4v) is 2.19. The minimum Gasteiger partial charge on any atom is -0.468 e. The summed E-state index contributed by atoms with van der Waals surface area (Å²) in [5.74, 6) is -0.313. The van der Waals surface area contributed by atoms with Crippen LogP contribution in [0.15, 0.2) is 24.3 Å². The first-order chi connectivity index (χ1) is 7.06. The van der Waals surface area contributed by atoms with Gasteiger partial charge in [0, 0.05) is 5.02 Å². The normalized spacial score (nSPS) is 14.4. The van der Waals surface area contributed by atoms with Gasteiger partial charge in [-0.2, -0.15) is 0 Å². The van der Waals surface area contributed by atoms with Gasteiger partial charge < -0.3 is 4.74 Å². The fourth-order valence-electron chi connectivity index (χ4n) is 1.05. The maximum atomic E-state index is 11.3. The molecule has 0 heterocycles. The van der Waals surface area contributed by atoms with Crippen LogP contribution in [0, 0.1) is 0 Å². The van der Waals surface area contributed by atoms with Crippen molar-refractivity contribution in [2.75, 3.05) is 7.11 Å². The molecule has 0 saturated heterocycles. The van der Waals surface area contributed by atoms with Crippen LogP contribution >= 0.6 is 43.5 Å². The molecule has 0 aliphatic heterocycles. The molecule has 2 nitrogen and oxygen atoms in total. The Morgan fingerprint density at radius 3 is 2.33 bits per heavy atom. The van der Waals surface area contributed by atoms with Gasteiger partial charge in [0.2, 0.25) is 0 Å². The molecule has 82 valence electrons. The molecule has 1 aromatic rings. The summed E-state index contributed by atoms with van der Waals surface area (Å²) in [5, 5.41) is 0.669. The molecule has 0 aromatic heterocycles. The topological polar surface area (TPSA) is 26.3 Å². The van der Waals surface area contributed by atoms with Crippen LogP contribution in [0.2, 0.25) is 5.02 Å². The van der Waals surface area contributed by atoms with Gasteiger partial charge in [-0.1, -0.05) is 55.6 Å². The van der Waals surface area contributed by atoms with E-state index >= 15 is 0 Å². The van der Waals surface area contributed by atoms with Crippen molar-refractivity contribution >= 4 is 49.4 Å². The van der Waals surface area contributed by atoms with Gasteiger partial charge in [-0.25, -0.2) is 0 Å². The molecule has 0 saturated carbocycles. The van der Waals surface area contributed by atoms with E-state index in [1.807, 2.05) is 12.1 Å². The average Bonchev–Trinajstić information content (AvgIpc) is 2.27. The molecular formula is C10H9Br2ClO2. The number of benzene rings is 1. The predicted molar refractivity (Wildman–Crippen MR) is 67.9 cm³/mol. The Morgan fingerprint density at radius 1 is 1.33 bits per heavy atom. The third kappa shape index (κ3) is 3.47. The van der Waals surface area contributed by atoms with Crippen molar-refractivity contribution in [1.82, 2.24) is 0 Å². The maximum absolute atomic E-state index is 11.3. The Kier molecular flexibility index (Phi) is 5.09. The molecule has 15 heavy (non-hydrogen) atoms. The number of ether oxygens (including phenoxy) is 1. The van der Waals surface area contributed by atoms with E-state index in [-0.39, 0.29) is 10.8 Å². The van der Waals surface area contributed by atoms with Gasteiger partial charge in [0.1, 0.15) is 4.83 Å². The van der Waals surface area contributed by atoms with Crippen molar-refractivity contribution in [1.29, 1.82) is 0 Å². The lowest BCUT2D eigenvalue weighted by Crippen LogP contribution is -2.20. The number of carbonyl (C=O) groups is 1. The molecule has 2 unspecified atom stereocenters. The van der Waals surface area contributed by atoms with Crippen molar-refractivity contribution in [3.8, 4) is 0 Å². The number of esters is 1. The SMILES string of the molecule is COC(=O)C(Br)C(Br)c1ccc(Cl)cc1. The van der Waals surface area contributed by atoms with Crippen LogP contribution in [-0.4, -0.2) is 17.9 Å². The summed E-state index contributed by atoms with van der Waals surface area (Å²) >= 11 is 12.5. The van der Waals surface area contributed by atoms with Crippen LogP contribution in [-0.2, 0) is 9.53 Å². The van der Waals surface area contributed by atoms with Crippen LogP contribution < -0.4 is 0 Å². The second kappa shape index (κ2) is 5.87. The monoisotopic (exact) mass is 354 g/mol. The van der Waals surface area contributed by atoms with Gasteiger partial charge in [-0.15, -0.1) is 0 Å². The second-order valence-electron chi connectivity index (χ2n) is 2.88. The molecule has 0 spiro atoms. The summed E-state index contributed by atoms with van der Waals surface area (Å²) in [4.78, 5) is 10.7. The van der Waals surface area contributed by atoms with E-state index in [2.05, 4.69) is 36.6 Å². The standard InChI is InChI=1S/C10H9Br2ClO2/c1-15-10(14)9(12)8(11)6-2-4-7(13)5-3-6/h2-5,8-9H,1H3. The predicted octanol–water partition coefficient (Wildman–Crippen LogP) is 3.71. The molecule has 0 amide bonds. The van der Waals surface area contributed by atoms with Crippen molar-refractivity contribution < 1.29 is 9.53 Å². The molecule has 0 N–H and O–H groups in total. The van der Waals surface area contributed by atoms with Crippen LogP contribution in [0.3, 0.4) is 0 Å². The lowest BCUT2D eigenvalue weighted by atomic mass is 10.1. The van der Waals surface area contributed by atoms with Crippen molar-refractivity contribution in [2.24, 2.45) is 0 Å². The van der Waals surface area contributed by atoms with Gasteiger partial charge in [-0.3, -0.25) is 4.79 Å². The summed E-state index contributed by atoms with van der Waals surface area (Å²) in [6, 6.07) is 7.28. The van der Waals surface area contributed by atoms with Crippen molar-refractivity contribution in [3.05, 3.63) is 34.9 Å². The number of hydrogen-bond donors (Lipinski definition) is 0. The molecular weight excluding hydrogens is 347 g/mol. The highest BCUT2D eigenvalue weighted by Gasteiger charge is 2.25. The van der Waals surface area contributed by atoms with E-state index in [9.17, 15) is 4.79 Å². The zero-order chi connectivity index (χ0) is 11.4. The molecule has 0 aliphatic rings. The summed E-state index contributed by atoms with van der Waals surface area (Å²) in [6.45, 7) is 0. The van der Waals surface area contributed by atoms with Gasteiger partial charge in [0.15, 0.2) is 0 Å². The third-order valence-corrected chi connectivity index (χ3v) is 4.79. The Bertz CT molecular complexity index is 340. The number of methoxy groups -OCH3 is 1. The van der Waals surface area contributed by atoms with Crippen LogP contribution in [0.25, 0.3) is 0 Å². The summed E-state index contributed by atoms with van der Waals surface area (Å²) < 4.78 is 4.64. The first-order valence-corrected chi connectivity index (χ1v) is 6.38. The Labute approximate surface area is 110 Å². The number of rotatable bonds is 3. The molecule has 2 atom stereocenters. The smallest absolute Gasteiger partial charge is 0.320 e. The average molecular weight is 356 g/mol. The van der Waals surface area contributed by atoms with Gasteiger partial charge in [0.05, 0.1) is 11.9 Å². The number of halogens is 3. The van der Waals surface area contributed by atoms with Crippen molar-refractivity contribution in [2.45, 2.75) is 9.65 Å². The molecule has 1 aromatic carbocycles. The van der Waals surface area contributed by atoms with E-state index in [4.69, 9.17) is 11.6 Å². The highest BCUT2D eigenvalue weighted by atomic mass is 79.9. The number of alkyl halides is 2. The Balaban J connectivity index is 2.80. The summed E-state index contributed by atoms with van der Waals surface area (Å²) in [6.07, 6.45) is 0. The quantitative estimate of drug-likeness (QED) is 0.610. The Hall–Kier alpha value is -0.0600. The lowest BCUT2D eigenvalue weighted by molar-refractivity contribution is -0.139. The molecule has 0 fully saturated rings. The molecule has 0 aliphatic carbocycles. The first-order valence-electron chi connectivity index (χ1n) is 4.17. The maximum Gasteiger partial charge on any atom is 0.320 e. The van der Waals surface area contributed by atoms with Crippen molar-refractivity contribution in [3.63, 3.8) is 0 Å². The number of carbonyl (C=O) groups excluding carboxylic acids is 1. The summed E-state index contributed by atoms with van der Waals surface area (Å²) in [5.41, 5.74) is 0.965. The van der Waals surface area contributed by atoms with Gasteiger partial charge >= 0.3 is 5.97 Å². The zero-order valence-electron chi connectivity index (χ0n) is 7.91. The molecule has 0 radical (unpaired) electrons. The van der Waals surface area contributed by atoms with Crippen LogP contribution in [0.5, 0.6) is 0 Å². The minimum absolute atomic E-state index is 0.137. The second-order valence-corrected chi connectivity index (χ2v) is 5.29. The Morgan fingerprint density at radius 2 is 1.87 bits per heavy atom. The largest absolute Gasteiger partial charge is 0.468 e. The molecule has 5 heteroatoms. The highest BCUT2D eigenvalue weighted by Crippen LogP contribution is 2.32. The van der Waals surface area contributed by atoms with Crippen LogP contribution in [0.4, 0.5) is 0 Å². The third-order valence-electron chi connectivity index (χ3n) is 1.87. The van der Waals surface area contributed by atoms with Gasteiger partial charge in [0.25, 0.3) is 0 Å². The van der Waals surface area contributed by atoms with E-state index in [1.165, 1.54) is 7.11 Å². The van der Waals surface area contributed by atoms with E-state index in [0.717, 1.165) is 5.56 Å². The first kappa shape index (κ1) is 13.0. The van der Waals surface area contributed by atoms with E-state index < -0.39 is 4.83 Å². The number of hydrogen-bond acceptors (Lipinski definition) is 2. The molecule has 0 bridgehead atoms. The lowest BCUT2D eigenvalue weighted by Gasteiger charge is -2.14. The van der Waals surface area contributed by atoms with Crippen LogP contribution in [0.1, 0.15) is 10.4 Å². The molecule has 1 rings (SSSR count). The van der Waals surface area contributed by atoms with E-state index in [1.54, 1.807) is 12.1 Å². The van der Waals surface area contributed by atoms with Gasteiger partial charge in [-0.05, 0) is 17.7 Å². The highest BCUT2D eigenvalue weighted by molar-refractivity contribution is 9.12. The summed E-state index contributed by atoms with van der Waals surface area (Å²) in [7, 11) is 1.36. The van der Waals surface area contributed by atoms with E-state index in [0.29, 0.717) is 5.02 Å². The minimum atomic E-state index is -0.413. The fraction of sp³-hybridized carbons (Fsp3) is 0.300.